The molecule has 1 unspecified atom stereocenters. The molecule has 0 amide bonds. The Labute approximate surface area is 173 Å². The molecule has 2 aromatic carbocycles. The van der Waals surface area contributed by atoms with Crippen molar-refractivity contribution in [2.24, 2.45) is 0 Å². The fourth-order valence-corrected chi connectivity index (χ4v) is 3.60. The number of hydrogen-bond acceptors (Lipinski definition) is 7. The molecule has 3 rings (SSSR count). The minimum Gasteiger partial charge on any atom is -0.491 e. The van der Waals surface area contributed by atoms with Crippen molar-refractivity contribution in [1.29, 1.82) is 0 Å². The van der Waals surface area contributed by atoms with Gasteiger partial charge in [-0.2, -0.15) is 0 Å². The zero-order valence-corrected chi connectivity index (χ0v) is 17.4. The molecule has 1 aromatic heterocycles. The Bertz CT molecular complexity index is 960. The van der Waals surface area contributed by atoms with Crippen LogP contribution in [0.4, 0.5) is 5.69 Å². The van der Waals surface area contributed by atoms with Crippen molar-refractivity contribution < 1.29 is 14.1 Å². The van der Waals surface area contributed by atoms with E-state index in [1.54, 1.807) is 6.07 Å². The number of hydrogen-bond donors (Lipinski definition) is 0. The van der Waals surface area contributed by atoms with Crippen LogP contribution in [0.5, 0.6) is 5.75 Å². The summed E-state index contributed by atoms with van der Waals surface area (Å²) in [6.45, 7) is 5.94. The second-order valence-corrected chi connectivity index (χ2v) is 7.91. The first-order chi connectivity index (χ1) is 13.9. The van der Waals surface area contributed by atoms with E-state index in [9.17, 15) is 10.1 Å². The van der Waals surface area contributed by atoms with Crippen LogP contribution in [0.15, 0.2) is 58.2 Å². The Hall–Kier alpha value is -2.87. The van der Waals surface area contributed by atoms with Crippen molar-refractivity contribution in [2.45, 2.75) is 50.2 Å². The highest BCUT2D eigenvalue weighted by molar-refractivity contribution is 7.98. The molecule has 0 saturated heterocycles. The van der Waals surface area contributed by atoms with Crippen molar-refractivity contribution in [3.8, 4) is 5.75 Å². The minimum absolute atomic E-state index is 0.0274. The first-order valence-electron chi connectivity index (χ1n) is 9.36. The van der Waals surface area contributed by atoms with Gasteiger partial charge in [0.15, 0.2) is 0 Å². The Morgan fingerprint density at radius 1 is 1.14 bits per heavy atom. The summed E-state index contributed by atoms with van der Waals surface area (Å²) >= 11 is 1.34. The van der Waals surface area contributed by atoms with Gasteiger partial charge in [0.2, 0.25) is 5.89 Å². The number of non-ortho nitro benzene ring substituents is 1. The number of nitro groups is 1. The van der Waals surface area contributed by atoms with Crippen molar-refractivity contribution in [1.82, 2.24) is 10.2 Å². The second-order valence-electron chi connectivity index (χ2n) is 6.98. The lowest BCUT2D eigenvalue weighted by Gasteiger charge is -2.13. The molecule has 7 nitrogen and oxygen atoms in total. The summed E-state index contributed by atoms with van der Waals surface area (Å²) in [5.74, 6) is 1.88. The molecular formula is C21H23N3O4S. The van der Waals surface area contributed by atoms with E-state index in [1.807, 2.05) is 32.0 Å². The molecule has 0 radical (unpaired) electrons. The molecule has 0 N–H and O–H groups in total. The summed E-state index contributed by atoms with van der Waals surface area (Å²) in [5, 5.41) is 19.8. The number of thioether (sulfide) groups is 1. The summed E-state index contributed by atoms with van der Waals surface area (Å²) < 4.78 is 11.5. The average Bonchev–Trinajstić information content (AvgIpc) is 3.14. The highest BCUT2D eigenvalue weighted by atomic mass is 32.2. The van der Waals surface area contributed by atoms with Crippen molar-refractivity contribution in [3.05, 3.63) is 75.7 Å². The van der Waals surface area contributed by atoms with Crippen molar-refractivity contribution in [3.63, 3.8) is 0 Å². The van der Waals surface area contributed by atoms with Crippen LogP contribution in [0.25, 0.3) is 0 Å². The number of aromatic nitrogens is 2. The first-order valence-corrected chi connectivity index (χ1v) is 10.3. The van der Waals surface area contributed by atoms with Crippen LogP contribution in [0.3, 0.4) is 0 Å². The number of benzene rings is 2. The molecule has 29 heavy (non-hydrogen) atoms. The maximum Gasteiger partial charge on any atom is 0.276 e. The monoisotopic (exact) mass is 413 g/mol. The second kappa shape index (κ2) is 9.56. The standard InChI is InChI=1S/C21H23N3O4S/c1-14(2)27-19-10-9-18(24(25)26)12-17(19)13-29-21-23-22-20(28-21)11-15(3)16-7-5-4-6-8-16/h4-10,12,14-15H,11,13H2,1-3H3. The molecule has 152 valence electrons. The van der Waals surface area contributed by atoms with E-state index in [0.717, 1.165) is 5.56 Å². The van der Waals surface area contributed by atoms with Gasteiger partial charge in [0, 0.05) is 29.9 Å². The maximum absolute atomic E-state index is 11.1. The molecule has 8 heteroatoms. The van der Waals surface area contributed by atoms with Crippen LogP contribution < -0.4 is 4.74 Å². The quantitative estimate of drug-likeness (QED) is 0.263. The average molecular weight is 413 g/mol. The predicted molar refractivity (Wildman–Crippen MR) is 111 cm³/mol. The zero-order valence-electron chi connectivity index (χ0n) is 16.6. The lowest BCUT2D eigenvalue weighted by Crippen LogP contribution is -2.07. The fourth-order valence-electron chi connectivity index (χ4n) is 2.84. The molecular weight excluding hydrogens is 390 g/mol. The Morgan fingerprint density at radius 2 is 1.90 bits per heavy atom. The number of rotatable bonds is 9. The van der Waals surface area contributed by atoms with Crippen LogP contribution in [0.1, 0.15) is 43.7 Å². The Balaban J connectivity index is 1.67. The largest absolute Gasteiger partial charge is 0.491 e. The van der Waals surface area contributed by atoms with Gasteiger partial charge in [-0.05, 0) is 31.4 Å². The Morgan fingerprint density at radius 3 is 2.59 bits per heavy atom. The molecule has 0 aliphatic rings. The van der Waals surface area contributed by atoms with E-state index in [1.165, 1.54) is 29.5 Å². The first kappa shape index (κ1) is 20.9. The lowest BCUT2D eigenvalue weighted by atomic mass is 9.98. The van der Waals surface area contributed by atoms with Gasteiger partial charge in [0.25, 0.3) is 10.9 Å². The smallest absolute Gasteiger partial charge is 0.276 e. The summed E-state index contributed by atoms with van der Waals surface area (Å²) in [6.07, 6.45) is 0.616. The van der Waals surface area contributed by atoms with Crippen LogP contribution in [0, 0.1) is 10.1 Å². The summed E-state index contributed by atoms with van der Waals surface area (Å²) in [4.78, 5) is 10.7. The van der Waals surface area contributed by atoms with E-state index in [0.29, 0.717) is 29.0 Å². The van der Waals surface area contributed by atoms with Gasteiger partial charge < -0.3 is 9.15 Å². The SMILES string of the molecule is CC(C)Oc1ccc([N+](=O)[O-])cc1CSc1nnc(CC(C)c2ccccc2)o1. The number of nitrogens with zero attached hydrogens (tertiary/aromatic N) is 3. The molecule has 0 fully saturated rings. The lowest BCUT2D eigenvalue weighted by molar-refractivity contribution is -0.384. The van der Waals surface area contributed by atoms with E-state index in [4.69, 9.17) is 9.15 Å². The highest BCUT2D eigenvalue weighted by Gasteiger charge is 2.16. The van der Waals surface area contributed by atoms with E-state index in [2.05, 4.69) is 29.3 Å². The van der Waals surface area contributed by atoms with E-state index < -0.39 is 4.92 Å². The van der Waals surface area contributed by atoms with E-state index >= 15 is 0 Å². The van der Waals surface area contributed by atoms with Crippen molar-refractivity contribution in [2.75, 3.05) is 0 Å². The van der Waals surface area contributed by atoms with Gasteiger partial charge in [-0.1, -0.05) is 49.0 Å². The normalized spacial score (nSPS) is 12.1. The predicted octanol–water partition coefficient (Wildman–Crippen LogP) is 5.40. The summed E-state index contributed by atoms with van der Waals surface area (Å²) in [7, 11) is 0. The van der Waals surface area contributed by atoms with Crippen molar-refractivity contribution >= 4 is 17.4 Å². The summed E-state index contributed by atoms with van der Waals surface area (Å²) in [5.41, 5.74) is 1.96. The molecule has 0 aliphatic heterocycles. The number of ether oxygens (including phenoxy) is 1. The van der Waals surface area contributed by atoms with Gasteiger partial charge in [0.1, 0.15) is 5.75 Å². The molecule has 0 bridgehead atoms. The third-order valence-corrected chi connectivity index (χ3v) is 5.13. The van der Waals surface area contributed by atoms with Gasteiger partial charge in [-0.25, -0.2) is 0 Å². The summed E-state index contributed by atoms with van der Waals surface area (Å²) in [6, 6.07) is 14.8. The van der Waals surface area contributed by atoms with Crippen LogP contribution in [-0.4, -0.2) is 21.2 Å². The molecule has 0 saturated carbocycles. The maximum atomic E-state index is 11.1. The molecule has 0 aliphatic carbocycles. The highest BCUT2D eigenvalue weighted by Crippen LogP contribution is 2.31. The van der Waals surface area contributed by atoms with Crippen LogP contribution >= 0.6 is 11.8 Å². The van der Waals surface area contributed by atoms with E-state index in [-0.39, 0.29) is 17.7 Å². The van der Waals surface area contributed by atoms with Gasteiger partial charge in [-0.3, -0.25) is 10.1 Å². The van der Waals surface area contributed by atoms with Gasteiger partial charge >= 0.3 is 0 Å². The minimum atomic E-state index is -0.414. The number of nitro benzene ring substituents is 1. The molecule has 1 atom stereocenters. The Kier molecular flexibility index (Phi) is 6.87. The topological polar surface area (TPSA) is 91.3 Å². The van der Waals surface area contributed by atoms with Gasteiger partial charge in [0.05, 0.1) is 11.0 Å². The van der Waals surface area contributed by atoms with Crippen LogP contribution in [0.2, 0.25) is 0 Å². The third-order valence-electron chi connectivity index (χ3n) is 4.27. The zero-order chi connectivity index (χ0) is 20.8. The van der Waals surface area contributed by atoms with Crippen LogP contribution in [-0.2, 0) is 12.2 Å². The molecule has 0 spiro atoms. The van der Waals surface area contributed by atoms with Gasteiger partial charge in [-0.15, -0.1) is 10.2 Å². The molecule has 3 aromatic rings. The molecule has 1 heterocycles. The third kappa shape index (κ3) is 5.80. The fraction of sp³-hybridized carbons (Fsp3) is 0.333.